The standard InChI is InChI=1S/C21H31N3O2/c1-16-5-3-4-6-20(16)22-21(26)15-23-11-13-24(14-12-23)19-9-7-18(8-10-19)17(2)25/h7-10,16,20H,3-6,11-15H2,1-2H3,(H,22,26)/p+1/t16-,20-/m0/s1. The summed E-state index contributed by atoms with van der Waals surface area (Å²) >= 11 is 0. The molecular formula is C21H32N3O2+. The van der Waals surface area contributed by atoms with Gasteiger partial charge in [0.2, 0.25) is 0 Å². The summed E-state index contributed by atoms with van der Waals surface area (Å²) in [5.41, 5.74) is 1.92. The number of ketones is 1. The van der Waals surface area contributed by atoms with Crippen LogP contribution in [0.15, 0.2) is 24.3 Å². The molecule has 1 heterocycles. The number of rotatable bonds is 5. The second-order valence-corrected chi connectivity index (χ2v) is 7.95. The summed E-state index contributed by atoms with van der Waals surface area (Å²) in [6.45, 7) is 8.28. The smallest absolute Gasteiger partial charge is 0.275 e. The van der Waals surface area contributed by atoms with E-state index in [9.17, 15) is 9.59 Å². The average Bonchev–Trinajstić information content (AvgIpc) is 2.64. The largest absolute Gasteiger partial charge is 0.360 e. The van der Waals surface area contributed by atoms with Crippen molar-refractivity contribution in [2.75, 3.05) is 37.6 Å². The number of anilines is 1. The highest BCUT2D eigenvalue weighted by atomic mass is 16.2. The van der Waals surface area contributed by atoms with Gasteiger partial charge >= 0.3 is 0 Å². The third-order valence-corrected chi connectivity index (χ3v) is 5.98. The van der Waals surface area contributed by atoms with Gasteiger partial charge in [0.05, 0.1) is 26.2 Å². The van der Waals surface area contributed by atoms with E-state index >= 15 is 0 Å². The van der Waals surface area contributed by atoms with Gasteiger partial charge in [0.15, 0.2) is 12.3 Å². The number of carbonyl (C=O) groups excluding carboxylic acids is 2. The third kappa shape index (κ3) is 4.85. The first-order valence-electron chi connectivity index (χ1n) is 10.0. The first-order valence-corrected chi connectivity index (χ1v) is 10.0. The van der Waals surface area contributed by atoms with Gasteiger partial charge in [-0.15, -0.1) is 0 Å². The van der Waals surface area contributed by atoms with E-state index in [0.717, 1.165) is 43.9 Å². The molecule has 0 aromatic heterocycles. The number of carbonyl (C=O) groups is 2. The quantitative estimate of drug-likeness (QED) is 0.780. The fourth-order valence-corrected chi connectivity index (χ4v) is 4.18. The number of quaternary nitrogens is 1. The maximum absolute atomic E-state index is 12.4. The first kappa shape index (κ1) is 18.9. The SMILES string of the molecule is CC(=O)c1ccc(N2CC[NH+](CC(=O)N[C@H]3CCCC[C@@H]3C)CC2)cc1. The van der Waals surface area contributed by atoms with Crippen LogP contribution in [0.2, 0.25) is 0 Å². The second kappa shape index (κ2) is 8.67. The van der Waals surface area contributed by atoms with Crippen molar-refractivity contribution in [3.8, 4) is 0 Å². The number of benzene rings is 1. The van der Waals surface area contributed by atoms with Crippen LogP contribution < -0.4 is 15.1 Å². The molecule has 1 aromatic rings. The molecular weight excluding hydrogens is 326 g/mol. The highest BCUT2D eigenvalue weighted by molar-refractivity contribution is 5.94. The van der Waals surface area contributed by atoms with Gasteiger partial charge in [0, 0.05) is 17.3 Å². The molecule has 0 radical (unpaired) electrons. The molecule has 2 N–H and O–H groups in total. The molecule has 5 nitrogen and oxygen atoms in total. The highest BCUT2D eigenvalue weighted by Crippen LogP contribution is 2.23. The van der Waals surface area contributed by atoms with Gasteiger partial charge in [-0.2, -0.15) is 0 Å². The maximum Gasteiger partial charge on any atom is 0.275 e. The van der Waals surface area contributed by atoms with Crippen molar-refractivity contribution in [2.24, 2.45) is 5.92 Å². The number of hydrogen-bond acceptors (Lipinski definition) is 3. The van der Waals surface area contributed by atoms with Crippen LogP contribution in [0.1, 0.15) is 49.9 Å². The molecule has 1 aliphatic carbocycles. The van der Waals surface area contributed by atoms with E-state index in [1.807, 2.05) is 24.3 Å². The summed E-state index contributed by atoms with van der Waals surface area (Å²) in [6.07, 6.45) is 4.91. The number of nitrogens with one attached hydrogen (secondary N) is 2. The van der Waals surface area contributed by atoms with E-state index in [4.69, 9.17) is 0 Å². The summed E-state index contributed by atoms with van der Waals surface area (Å²) in [4.78, 5) is 27.5. The van der Waals surface area contributed by atoms with Crippen LogP contribution in [0.3, 0.4) is 0 Å². The summed E-state index contributed by atoms with van der Waals surface area (Å²) in [5.74, 6) is 0.916. The van der Waals surface area contributed by atoms with Crippen molar-refractivity contribution >= 4 is 17.4 Å². The normalized spacial score (nSPS) is 24.3. The Hall–Kier alpha value is -1.88. The Morgan fingerprint density at radius 2 is 1.77 bits per heavy atom. The van der Waals surface area contributed by atoms with Crippen LogP contribution in [0.25, 0.3) is 0 Å². The number of nitrogens with zero attached hydrogens (tertiary/aromatic N) is 1. The predicted molar refractivity (Wildman–Crippen MR) is 104 cm³/mol. The lowest BCUT2D eigenvalue weighted by Gasteiger charge is -2.34. The Labute approximate surface area is 156 Å². The number of Topliss-reactive ketones (excluding diaryl/α,β-unsaturated/α-hetero) is 1. The Kier molecular flexibility index (Phi) is 6.30. The van der Waals surface area contributed by atoms with Gasteiger partial charge in [-0.1, -0.05) is 19.8 Å². The van der Waals surface area contributed by atoms with Crippen molar-refractivity contribution in [1.82, 2.24) is 5.32 Å². The van der Waals surface area contributed by atoms with Crippen molar-refractivity contribution < 1.29 is 14.5 Å². The van der Waals surface area contributed by atoms with E-state index in [1.54, 1.807) is 6.92 Å². The molecule has 2 fully saturated rings. The van der Waals surface area contributed by atoms with Gasteiger partial charge in [0.1, 0.15) is 0 Å². The van der Waals surface area contributed by atoms with Gasteiger partial charge in [-0.05, 0) is 49.9 Å². The van der Waals surface area contributed by atoms with Gasteiger partial charge in [-0.3, -0.25) is 9.59 Å². The van der Waals surface area contributed by atoms with E-state index in [-0.39, 0.29) is 11.7 Å². The zero-order valence-electron chi connectivity index (χ0n) is 16.1. The Morgan fingerprint density at radius 3 is 2.38 bits per heavy atom. The topological polar surface area (TPSA) is 53.9 Å². The second-order valence-electron chi connectivity index (χ2n) is 7.95. The first-order chi connectivity index (χ1) is 12.5. The molecule has 1 aromatic carbocycles. The summed E-state index contributed by atoms with van der Waals surface area (Å²) in [5, 5.41) is 3.27. The lowest BCUT2D eigenvalue weighted by atomic mass is 9.86. The van der Waals surface area contributed by atoms with Crippen molar-refractivity contribution in [2.45, 2.75) is 45.6 Å². The summed E-state index contributed by atoms with van der Waals surface area (Å²) in [6, 6.07) is 8.22. The van der Waals surface area contributed by atoms with Gasteiger partial charge in [-0.25, -0.2) is 0 Å². The van der Waals surface area contributed by atoms with Crippen molar-refractivity contribution in [3.63, 3.8) is 0 Å². The van der Waals surface area contributed by atoms with Crippen LogP contribution in [0.5, 0.6) is 0 Å². The van der Waals surface area contributed by atoms with E-state index in [1.165, 1.54) is 24.2 Å². The number of hydrogen-bond donors (Lipinski definition) is 2. The Balaban J connectivity index is 1.44. The van der Waals surface area contributed by atoms with Crippen LogP contribution in [-0.2, 0) is 4.79 Å². The molecule has 2 aliphatic rings. The Bertz CT molecular complexity index is 621. The molecule has 1 aliphatic heterocycles. The van der Waals surface area contributed by atoms with Crippen molar-refractivity contribution in [1.29, 1.82) is 0 Å². The monoisotopic (exact) mass is 358 g/mol. The molecule has 1 saturated carbocycles. The predicted octanol–water partition coefficient (Wildman–Crippen LogP) is 1.29. The van der Waals surface area contributed by atoms with E-state index < -0.39 is 0 Å². The minimum Gasteiger partial charge on any atom is -0.360 e. The average molecular weight is 359 g/mol. The molecule has 142 valence electrons. The molecule has 1 saturated heterocycles. The highest BCUT2D eigenvalue weighted by Gasteiger charge is 2.26. The minimum atomic E-state index is 0.101. The van der Waals surface area contributed by atoms with Gasteiger partial charge < -0.3 is 15.1 Å². The van der Waals surface area contributed by atoms with Crippen LogP contribution in [0.4, 0.5) is 5.69 Å². The number of piperazine rings is 1. The van der Waals surface area contributed by atoms with Crippen LogP contribution in [0, 0.1) is 5.92 Å². The van der Waals surface area contributed by atoms with E-state index in [2.05, 4.69) is 17.1 Å². The molecule has 5 heteroatoms. The molecule has 3 rings (SSSR count). The molecule has 26 heavy (non-hydrogen) atoms. The summed E-state index contributed by atoms with van der Waals surface area (Å²) < 4.78 is 0. The number of amides is 1. The van der Waals surface area contributed by atoms with Crippen LogP contribution >= 0.6 is 0 Å². The van der Waals surface area contributed by atoms with E-state index in [0.29, 0.717) is 18.5 Å². The molecule has 0 spiro atoms. The van der Waals surface area contributed by atoms with Gasteiger partial charge in [0.25, 0.3) is 5.91 Å². The fourth-order valence-electron chi connectivity index (χ4n) is 4.18. The zero-order valence-corrected chi connectivity index (χ0v) is 16.1. The molecule has 1 amide bonds. The zero-order chi connectivity index (χ0) is 18.5. The van der Waals surface area contributed by atoms with Crippen molar-refractivity contribution in [3.05, 3.63) is 29.8 Å². The third-order valence-electron chi connectivity index (χ3n) is 5.98. The molecule has 0 bridgehead atoms. The molecule has 2 atom stereocenters. The summed E-state index contributed by atoms with van der Waals surface area (Å²) in [7, 11) is 0. The fraction of sp³-hybridized carbons (Fsp3) is 0.619. The maximum atomic E-state index is 12.4. The minimum absolute atomic E-state index is 0.101. The van der Waals surface area contributed by atoms with Crippen LogP contribution in [-0.4, -0.2) is 50.5 Å². The Morgan fingerprint density at radius 1 is 1.12 bits per heavy atom. The molecule has 0 unspecified atom stereocenters. The lowest BCUT2D eigenvalue weighted by molar-refractivity contribution is -0.892. The lowest BCUT2D eigenvalue weighted by Crippen LogP contribution is -3.16.